The maximum absolute atomic E-state index is 12.0. The first-order chi connectivity index (χ1) is 11.7. The highest BCUT2D eigenvalue weighted by Gasteiger charge is 2.16. The van der Waals surface area contributed by atoms with Crippen LogP contribution in [0.15, 0.2) is 11.1 Å². The highest BCUT2D eigenvalue weighted by atomic mass is 32.2. The summed E-state index contributed by atoms with van der Waals surface area (Å²) in [6, 6.07) is 4.15. The number of nitrogens with zero attached hydrogens (tertiary/aromatic N) is 4. The Morgan fingerprint density at radius 2 is 2.21 bits per heavy atom. The van der Waals surface area contributed by atoms with Crippen molar-refractivity contribution in [3.05, 3.63) is 27.9 Å². The van der Waals surface area contributed by atoms with Crippen LogP contribution >= 0.6 is 23.1 Å². The molecule has 0 spiro atoms. The van der Waals surface area contributed by atoms with E-state index in [4.69, 9.17) is 0 Å². The fraction of sp³-hybridized carbons (Fsp3) is 0.438. The van der Waals surface area contributed by atoms with Gasteiger partial charge in [-0.25, -0.2) is 4.98 Å². The highest BCUT2D eigenvalue weighted by molar-refractivity contribution is 8.00. The number of carbonyl (C=O) groups is 1. The smallest absolute Gasteiger partial charge is 0.236 e. The molecule has 1 amide bonds. The Bertz CT molecular complexity index is 796. The van der Waals surface area contributed by atoms with Crippen LogP contribution < -0.4 is 5.32 Å². The summed E-state index contributed by atoms with van der Waals surface area (Å²) in [7, 11) is 0. The molecule has 1 aliphatic carbocycles. The normalized spacial score (nSPS) is 13.7. The molecule has 0 aromatic carbocycles. The lowest BCUT2D eigenvalue weighted by atomic mass is 10.1. The Balaban J connectivity index is 1.69. The summed E-state index contributed by atoms with van der Waals surface area (Å²) in [4.78, 5) is 16.7. The summed E-state index contributed by atoms with van der Waals surface area (Å²) in [6.07, 6.45) is 5.41. The molecule has 0 saturated heterocycles. The number of nitriles is 1. The average Bonchev–Trinajstić information content (AvgIpc) is 2.84. The zero-order valence-corrected chi connectivity index (χ0v) is 15.0. The maximum atomic E-state index is 12.0. The van der Waals surface area contributed by atoms with Crippen LogP contribution in [-0.4, -0.2) is 26.8 Å². The molecule has 6 nitrogen and oxygen atoms in total. The fourth-order valence-corrected chi connectivity index (χ4v) is 4.00. The molecule has 3 rings (SSSR count). The molecule has 124 valence electrons. The van der Waals surface area contributed by atoms with Crippen LogP contribution in [0.3, 0.4) is 0 Å². The van der Waals surface area contributed by atoms with Crippen LogP contribution in [0, 0.1) is 18.3 Å². The zero-order chi connectivity index (χ0) is 16.9. The molecule has 0 unspecified atom stereocenters. The minimum absolute atomic E-state index is 0.170. The maximum Gasteiger partial charge on any atom is 0.236 e. The van der Waals surface area contributed by atoms with E-state index in [1.807, 2.05) is 13.0 Å². The van der Waals surface area contributed by atoms with E-state index in [2.05, 4.69) is 26.6 Å². The second-order valence-corrected chi connectivity index (χ2v) is 7.73. The number of amides is 1. The van der Waals surface area contributed by atoms with Crippen molar-refractivity contribution in [3.8, 4) is 6.07 Å². The second kappa shape index (κ2) is 7.73. The van der Waals surface area contributed by atoms with Gasteiger partial charge in [-0.15, -0.1) is 10.2 Å². The topological polar surface area (TPSA) is 91.6 Å². The molecule has 0 aliphatic heterocycles. The van der Waals surface area contributed by atoms with Crippen LogP contribution in [0.4, 0.5) is 5.13 Å². The number of aromatic nitrogens is 3. The molecule has 0 bridgehead atoms. The quantitative estimate of drug-likeness (QED) is 0.666. The van der Waals surface area contributed by atoms with Crippen LogP contribution in [0.1, 0.15) is 41.1 Å². The van der Waals surface area contributed by atoms with E-state index < -0.39 is 0 Å². The molecular weight excluding hydrogens is 342 g/mol. The summed E-state index contributed by atoms with van der Waals surface area (Å²) in [5.41, 5.74) is 2.82. The first-order valence-electron chi connectivity index (χ1n) is 7.81. The molecule has 0 atom stereocenters. The van der Waals surface area contributed by atoms with Crippen molar-refractivity contribution < 1.29 is 4.79 Å². The number of nitrogens with one attached hydrogen (secondary N) is 1. The number of hydrogen-bond donors (Lipinski definition) is 1. The molecule has 0 saturated carbocycles. The van der Waals surface area contributed by atoms with Crippen LogP contribution in [0.5, 0.6) is 0 Å². The van der Waals surface area contributed by atoms with Gasteiger partial charge in [0, 0.05) is 5.69 Å². The van der Waals surface area contributed by atoms with Crippen molar-refractivity contribution in [1.82, 2.24) is 15.2 Å². The monoisotopic (exact) mass is 359 g/mol. The number of anilines is 1. The molecule has 0 radical (unpaired) electrons. The van der Waals surface area contributed by atoms with Crippen molar-refractivity contribution in [2.45, 2.75) is 44.1 Å². The van der Waals surface area contributed by atoms with Gasteiger partial charge in [0.15, 0.2) is 0 Å². The SMILES string of the molecule is Cc1nnc(NC(=O)CSc2nc3c(cc2C#N)CCCCC3)s1. The van der Waals surface area contributed by atoms with E-state index >= 15 is 0 Å². The van der Waals surface area contributed by atoms with Gasteiger partial charge in [0.25, 0.3) is 0 Å². The average molecular weight is 359 g/mol. The number of rotatable bonds is 4. The Morgan fingerprint density at radius 3 is 2.96 bits per heavy atom. The van der Waals surface area contributed by atoms with E-state index in [0.717, 1.165) is 36.4 Å². The molecule has 0 fully saturated rings. The number of thioether (sulfide) groups is 1. The number of fused-ring (bicyclic) bond motifs is 1. The molecule has 8 heteroatoms. The third-order valence-electron chi connectivity index (χ3n) is 3.75. The molecule has 2 aromatic heterocycles. The third kappa shape index (κ3) is 4.10. The Morgan fingerprint density at radius 1 is 1.38 bits per heavy atom. The molecule has 2 heterocycles. The Hall–Kier alpha value is -1.98. The van der Waals surface area contributed by atoms with Crippen molar-refractivity contribution >= 4 is 34.1 Å². The largest absolute Gasteiger partial charge is 0.300 e. The van der Waals surface area contributed by atoms with E-state index in [1.165, 1.54) is 35.1 Å². The van der Waals surface area contributed by atoms with Gasteiger partial charge in [0.2, 0.25) is 11.0 Å². The second-order valence-electron chi connectivity index (χ2n) is 5.58. The number of pyridine rings is 1. The van der Waals surface area contributed by atoms with Crippen molar-refractivity contribution in [3.63, 3.8) is 0 Å². The minimum Gasteiger partial charge on any atom is -0.300 e. The minimum atomic E-state index is -0.170. The van der Waals surface area contributed by atoms with Gasteiger partial charge in [0.1, 0.15) is 16.1 Å². The van der Waals surface area contributed by atoms with E-state index in [-0.39, 0.29) is 11.7 Å². The lowest BCUT2D eigenvalue weighted by Gasteiger charge is -2.09. The summed E-state index contributed by atoms with van der Waals surface area (Å²) in [6.45, 7) is 1.83. The van der Waals surface area contributed by atoms with Gasteiger partial charge in [-0.3, -0.25) is 10.1 Å². The number of aryl methyl sites for hydroxylation is 3. The molecule has 24 heavy (non-hydrogen) atoms. The first-order valence-corrected chi connectivity index (χ1v) is 9.61. The summed E-state index contributed by atoms with van der Waals surface area (Å²) < 4.78 is 0. The van der Waals surface area contributed by atoms with Gasteiger partial charge in [-0.1, -0.05) is 29.5 Å². The summed E-state index contributed by atoms with van der Waals surface area (Å²) in [5, 5.41) is 21.8. The fourth-order valence-electron chi connectivity index (χ4n) is 2.62. The number of carbonyl (C=O) groups excluding carboxylic acids is 1. The van der Waals surface area contributed by atoms with E-state index in [9.17, 15) is 10.1 Å². The standard InChI is InChI=1S/C16H17N5OS2/c1-10-20-21-16(24-10)19-14(22)9-23-15-12(8-17)7-11-5-3-2-4-6-13(11)18-15/h7H,2-6,9H2,1H3,(H,19,21,22). The van der Waals surface area contributed by atoms with Crippen molar-refractivity contribution in [2.75, 3.05) is 11.1 Å². The predicted octanol–water partition coefficient (Wildman–Crippen LogP) is 3.11. The Kier molecular flexibility index (Phi) is 5.43. The first kappa shape index (κ1) is 16.9. The third-order valence-corrected chi connectivity index (χ3v) is 5.49. The number of hydrogen-bond acceptors (Lipinski definition) is 7. The van der Waals surface area contributed by atoms with E-state index in [1.54, 1.807) is 0 Å². The Labute approximate surface area is 148 Å². The lowest BCUT2D eigenvalue weighted by Crippen LogP contribution is -2.14. The van der Waals surface area contributed by atoms with Crippen LogP contribution in [-0.2, 0) is 17.6 Å². The molecule has 1 aliphatic rings. The van der Waals surface area contributed by atoms with Gasteiger partial charge in [-0.05, 0) is 44.2 Å². The van der Waals surface area contributed by atoms with Crippen molar-refractivity contribution in [1.29, 1.82) is 5.26 Å². The molecule has 2 aromatic rings. The van der Waals surface area contributed by atoms with E-state index in [0.29, 0.717) is 15.7 Å². The van der Waals surface area contributed by atoms with Crippen molar-refractivity contribution in [2.24, 2.45) is 0 Å². The van der Waals surface area contributed by atoms with Crippen LogP contribution in [0.2, 0.25) is 0 Å². The van der Waals surface area contributed by atoms with Gasteiger partial charge < -0.3 is 0 Å². The molecular formula is C16H17N5OS2. The molecule has 1 N–H and O–H groups in total. The summed E-state index contributed by atoms with van der Waals surface area (Å²) in [5.74, 6) is 0.0239. The lowest BCUT2D eigenvalue weighted by molar-refractivity contribution is -0.113. The van der Waals surface area contributed by atoms with Gasteiger partial charge >= 0.3 is 0 Å². The zero-order valence-electron chi connectivity index (χ0n) is 13.3. The summed E-state index contributed by atoms with van der Waals surface area (Å²) >= 11 is 2.63. The predicted molar refractivity (Wildman–Crippen MR) is 94.2 cm³/mol. The van der Waals surface area contributed by atoms with Gasteiger partial charge in [-0.2, -0.15) is 5.26 Å². The highest BCUT2D eigenvalue weighted by Crippen LogP contribution is 2.27. The van der Waals surface area contributed by atoms with Gasteiger partial charge in [0.05, 0.1) is 11.3 Å². The van der Waals surface area contributed by atoms with Crippen LogP contribution in [0.25, 0.3) is 0 Å².